The van der Waals surface area contributed by atoms with Gasteiger partial charge in [-0.1, -0.05) is 13.3 Å². The van der Waals surface area contributed by atoms with E-state index in [0.29, 0.717) is 6.04 Å². The Morgan fingerprint density at radius 1 is 1.10 bits per heavy atom. The molecule has 0 aliphatic carbocycles. The highest BCUT2D eigenvalue weighted by molar-refractivity contribution is 5.79. The normalized spacial score (nSPS) is 23.7. The summed E-state index contributed by atoms with van der Waals surface area (Å²) in [4.78, 5) is 28.8. The van der Waals surface area contributed by atoms with Gasteiger partial charge in [0.05, 0.1) is 25.1 Å². The largest absolute Gasteiger partial charge is 0.378 e. The lowest BCUT2D eigenvalue weighted by Crippen LogP contribution is -2.46. The molecular weight excluding hydrogens is 392 g/mol. The third-order valence-corrected chi connectivity index (χ3v) is 7.11. The van der Waals surface area contributed by atoms with E-state index in [1.807, 2.05) is 6.20 Å². The van der Waals surface area contributed by atoms with Gasteiger partial charge in [-0.2, -0.15) is 0 Å². The first-order valence-corrected chi connectivity index (χ1v) is 12.2. The zero-order chi connectivity index (χ0) is 21.5. The van der Waals surface area contributed by atoms with Crippen molar-refractivity contribution < 1.29 is 9.53 Å². The van der Waals surface area contributed by atoms with E-state index in [1.165, 1.54) is 32.2 Å². The van der Waals surface area contributed by atoms with Crippen molar-refractivity contribution >= 4 is 17.4 Å². The number of hydrogen-bond donors (Lipinski definition) is 1. The summed E-state index contributed by atoms with van der Waals surface area (Å²) in [5.74, 6) is 1.33. The zero-order valence-electron chi connectivity index (χ0n) is 19.0. The van der Waals surface area contributed by atoms with Crippen LogP contribution in [-0.2, 0) is 9.53 Å². The minimum atomic E-state index is 0.107. The minimum absolute atomic E-state index is 0.107. The summed E-state index contributed by atoms with van der Waals surface area (Å²) < 4.78 is 5.48. The summed E-state index contributed by atoms with van der Waals surface area (Å²) in [6.45, 7) is 10.1. The molecule has 1 atom stereocenters. The fourth-order valence-corrected chi connectivity index (χ4v) is 5.22. The van der Waals surface area contributed by atoms with Gasteiger partial charge in [0, 0.05) is 51.2 Å². The molecule has 0 spiro atoms. The molecule has 0 aromatic carbocycles. The average molecular weight is 431 g/mol. The average Bonchev–Trinajstić information content (AvgIpc) is 2.85. The second-order valence-corrected chi connectivity index (χ2v) is 8.98. The van der Waals surface area contributed by atoms with Gasteiger partial charge < -0.3 is 19.9 Å². The number of carbonyl (C=O) groups excluding carboxylic acids is 1. The number of anilines is 2. The number of aromatic nitrogens is 2. The molecule has 0 bridgehead atoms. The molecule has 8 heteroatoms. The molecule has 0 radical (unpaired) electrons. The van der Waals surface area contributed by atoms with Crippen LogP contribution in [0.25, 0.3) is 0 Å². The van der Waals surface area contributed by atoms with E-state index in [4.69, 9.17) is 4.74 Å². The zero-order valence-corrected chi connectivity index (χ0v) is 19.0. The summed E-state index contributed by atoms with van der Waals surface area (Å²) in [6.07, 6.45) is 10.5. The number of morpholine rings is 1. The SMILES string of the molecule is CCC1CCCCN1CCNC(=O)C1CCN(c2cncnc2N2CCOCC2)CC1. The van der Waals surface area contributed by atoms with E-state index >= 15 is 0 Å². The summed E-state index contributed by atoms with van der Waals surface area (Å²) in [6, 6.07) is 0.697. The van der Waals surface area contributed by atoms with Crippen LogP contribution in [0, 0.1) is 5.92 Å². The third kappa shape index (κ3) is 5.66. The van der Waals surface area contributed by atoms with Gasteiger partial charge in [-0.05, 0) is 38.6 Å². The van der Waals surface area contributed by atoms with Gasteiger partial charge in [0.25, 0.3) is 0 Å². The maximum Gasteiger partial charge on any atom is 0.223 e. The predicted molar refractivity (Wildman–Crippen MR) is 123 cm³/mol. The molecule has 1 aromatic rings. The van der Waals surface area contributed by atoms with Crippen molar-refractivity contribution in [1.29, 1.82) is 0 Å². The molecule has 172 valence electrons. The Labute approximate surface area is 186 Å². The van der Waals surface area contributed by atoms with Crippen LogP contribution in [-0.4, -0.2) is 85.8 Å². The smallest absolute Gasteiger partial charge is 0.223 e. The van der Waals surface area contributed by atoms with Gasteiger partial charge >= 0.3 is 0 Å². The number of hydrogen-bond acceptors (Lipinski definition) is 7. The van der Waals surface area contributed by atoms with Crippen molar-refractivity contribution in [2.24, 2.45) is 5.92 Å². The molecule has 0 saturated carbocycles. The van der Waals surface area contributed by atoms with Crippen LogP contribution in [0.1, 0.15) is 45.4 Å². The van der Waals surface area contributed by atoms with Crippen LogP contribution < -0.4 is 15.1 Å². The van der Waals surface area contributed by atoms with Crippen LogP contribution in [0.15, 0.2) is 12.5 Å². The molecule has 1 amide bonds. The van der Waals surface area contributed by atoms with Crippen molar-refractivity contribution in [2.75, 3.05) is 68.8 Å². The van der Waals surface area contributed by atoms with Crippen LogP contribution in [0.2, 0.25) is 0 Å². The van der Waals surface area contributed by atoms with Crippen molar-refractivity contribution in [3.05, 3.63) is 12.5 Å². The maximum absolute atomic E-state index is 12.8. The number of nitrogens with zero attached hydrogens (tertiary/aromatic N) is 5. The number of nitrogens with one attached hydrogen (secondary N) is 1. The van der Waals surface area contributed by atoms with E-state index in [1.54, 1.807) is 6.33 Å². The second kappa shape index (κ2) is 11.1. The quantitative estimate of drug-likeness (QED) is 0.708. The Morgan fingerprint density at radius 3 is 2.68 bits per heavy atom. The number of likely N-dealkylation sites (tertiary alicyclic amines) is 1. The predicted octanol–water partition coefficient (Wildman–Crippen LogP) is 1.91. The molecule has 1 aromatic heterocycles. The highest BCUT2D eigenvalue weighted by atomic mass is 16.5. The van der Waals surface area contributed by atoms with Gasteiger partial charge in [-0.3, -0.25) is 9.69 Å². The van der Waals surface area contributed by atoms with Crippen molar-refractivity contribution in [3.63, 3.8) is 0 Å². The van der Waals surface area contributed by atoms with E-state index in [9.17, 15) is 4.79 Å². The lowest BCUT2D eigenvalue weighted by molar-refractivity contribution is -0.125. The maximum atomic E-state index is 12.8. The van der Waals surface area contributed by atoms with Gasteiger partial charge in [0.15, 0.2) is 5.82 Å². The molecule has 1 unspecified atom stereocenters. The van der Waals surface area contributed by atoms with E-state index in [-0.39, 0.29) is 11.8 Å². The van der Waals surface area contributed by atoms with E-state index in [2.05, 4.69) is 36.9 Å². The van der Waals surface area contributed by atoms with Crippen molar-refractivity contribution in [1.82, 2.24) is 20.2 Å². The van der Waals surface area contributed by atoms with Crippen molar-refractivity contribution in [2.45, 2.75) is 51.5 Å². The summed E-state index contributed by atoms with van der Waals surface area (Å²) in [5.41, 5.74) is 1.08. The lowest BCUT2D eigenvalue weighted by Gasteiger charge is -2.37. The molecule has 8 nitrogen and oxygen atoms in total. The molecular formula is C23H38N6O2. The topological polar surface area (TPSA) is 73.8 Å². The molecule has 3 aliphatic heterocycles. The fraction of sp³-hybridized carbons (Fsp3) is 0.783. The number of piperidine rings is 2. The van der Waals surface area contributed by atoms with Crippen molar-refractivity contribution in [3.8, 4) is 0 Å². The fourth-order valence-electron chi connectivity index (χ4n) is 5.22. The standard InChI is InChI=1S/C23H38N6O2/c1-2-20-5-3-4-9-27(20)12-8-25-23(30)19-6-10-28(11-7-19)21-17-24-18-26-22(21)29-13-15-31-16-14-29/h17-20H,2-16H2,1H3,(H,25,30). The molecule has 3 fully saturated rings. The van der Waals surface area contributed by atoms with E-state index in [0.717, 1.165) is 76.8 Å². The highest BCUT2D eigenvalue weighted by Crippen LogP contribution is 2.30. The first-order valence-electron chi connectivity index (χ1n) is 12.2. The summed E-state index contributed by atoms with van der Waals surface area (Å²) >= 11 is 0. The Kier molecular flexibility index (Phi) is 7.97. The molecule has 3 saturated heterocycles. The lowest BCUT2D eigenvalue weighted by atomic mass is 9.95. The Bertz CT molecular complexity index is 703. The number of carbonyl (C=O) groups is 1. The van der Waals surface area contributed by atoms with Crippen LogP contribution in [0.5, 0.6) is 0 Å². The van der Waals surface area contributed by atoms with Gasteiger partial charge in [0.1, 0.15) is 6.33 Å². The minimum Gasteiger partial charge on any atom is -0.378 e. The summed E-state index contributed by atoms with van der Waals surface area (Å²) in [7, 11) is 0. The molecule has 3 aliphatic rings. The number of ether oxygens (including phenoxy) is 1. The molecule has 4 rings (SSSR count). The van der Waals surface area contributed by atoms with Crippen LogP contribution in [0.4, 0.5) is 11.5 Å². The monoisotopic (exact) mass is 430 g/mol. The first-order chi connectivity index (χ1) is 15.3. The van der Waals surface area contributed by atoms with E-state index < -0.39 is 0 Å². The van der Waals surface area contributed by atoms with Gasteiger partial charge in [-0.25, -0.2) is 9.97 Å². The first kappa shape index (κ1) is 22.3. The Balaban J connectivity index is 1.25. The Hall–Kier alpha value is -1.93. The number of rotatable bonds is 7. The third-order valence-electron chi connectivity index (χ3n) is 7.11. The van der Waals surface area contributed by atoms with Crippen LogP contribution in [0.3, 0.4) is 0 Å². The van der Waals surface area contributed by atoms with Gasteiger partial charge in [-0.15, -0.1) is 0 Å². The molecule has 31 heavy (non-hydrogen) atoms. The summed E-state index contributed by atoms with van der Waals surface area (Å²) in [5, 5.41) is 3.22. The second-order valence-electron chi connectivity index (χ2n) is 8.98. The Morgan fingerprint density at radius 2 is 1.90 bits per heavy atom. The number of amides is 1. The molecule has 4 heterocycles. The highest BCUT2D eigenvalue weighted by Gasteiger charge is 2.28. The molecule has 1 N–H and O–H groups in total. The van der Waals surface area contributed by atoms with Gasteiger partial charge in [0.2, 0.25) is 5.91 Å². The van der Waals surface area contributed by atoms with Crippen LogP contribution >= 0.6 is 0 Å².